The highest BCUT2D eigenvalue weighted by Crippen LogP contribution is 2.32. The average Bonchev–Trinajstić information content (AvgIpc) is 2.63. The predicted octanol–water partition coefficient (Wildman–Crippen LogP) is 0.708. The van der Waals surface area contributed by atoms with Gasteiger partial charge in [0.05, 0.1) is 37.6 Å². The smallest absolute Gasteiger partial charge is 0.311 e. The largest absolute Gasteiger partial charge is 0.490 e. The molecule has 0 aliphatic carbocycles. The van der Waals surface area contributed by atoms with Crippen LogP contribution in [0.25, 0.3) is 0 Å². The molecule has 148 valence electrons. The molecule has 2 rings (SSSR count). The minimum absolute atomic E-state index is 0.0852. The Bertz CT molecular complexity index is 713. The van der Waals surface area contributed by atoms with Crippen molar-refractivity contribution in [1.29, 1.82) is 0 Å². The van der Waals surface area contributed by atoms with Crippen molar-refractivity contribution in [3.63, 3.8) is 0 Å². The summed E-state index contributed by atoms with van der Waals surface area (Å²) >= 11 is 0. The van der Waals surface area contributed by atoms with E-state index in [-0.39, 0.29) is 35.8 Å². The lowest BCUT2D eigenvalue weighted by Gasteiger charge is -2.27. The Morgan fingerprint density at radius 3 is 2.56 bits per heavy atom. The minimum Gasteiger partial charge on any atom is -0.490 e. The Balaban J connectivity index is 1.93. The summed E-state index contributed by atoms with van der Waals surface area (Å²) in [5.74, 6) is -0.324. The van der Waals surface area contributed by atoms with Crippen LogP contribution in [0.5, 0.6) is 5.75 Å². The van der Waals surface area contributed by atoms with Crippen molar-refractivity contribution in [2.24, 2.45) is 5.92 Å². The molecule has 0 aromatic heterocycles. The Kier molecular flexibility index (Phi) is 7.12. The second-order valence-electron chi connectivity index (χ2n) is 6.60. The minimum atomic E-state index is -0.519. The van der Waals surface area contributed by atoms with Crippen molar-refractivity contribution >= 4 is 23.3 Å². The molecule has 1 saturated heterocycles. The van der Waals surface area contributed by atoms with Crippen molar-refractivity contribution in [3.8, 4) is 5.75 Å². The molecule has 1 heterocycles. The van der Waals surface area contributed by atoms with Crippen LogP contribution in [0.3, 0.4) is 0 Å². The molecule has 0 bridgehead atoms. The van der Waals surface area contributed by atoms with Gasteiger partial charge in [-0.15, -0.1) is 0 Å². The van der Waals surface area contributed by atoms with Crippen LogP contribution in [0.4, 0.5) is 11.4 Å². The third-order valence-corrected chi connectivity index (χ3v) is 4.72. The molecule has 1 amide bonds. The van der Waals surface area contributed by atoms with E-state index in [4.69, 9.17) is 9.47 Å². The van der Waals surface area contributed by atoms with Crippen molar-refractivity contribution in [3.05, 3.63) is 27.8 Å². The number of piperidine rings is 1. The van der Waals surface area contributed by atoms with Crippen LogP contribution in [0.2, 0.25) is 0 Å². The molecule has 9 nitrogen and oxygen atoms in total. The Morgan fingerprint density at radius 1 is 1.33 bits per heavy atom. The summed E-state index contributed by atoms with van der Waals surface area (Å²) < 4.78 is 10.1. The molecule has 1 fully saturated rings. The number of carbonyl (C=O) groups excluding carboxylic acids is 2. The molecule has 1 aliphatic heterocycles. The number of rotatable bonds is 7. The average molecular weight is 380 g/mol. The van der Waals surface area contributed by atoms with E-state index in [2.05, 4.69) is 5.32 Å². The second kappa shape index (κ2) is 9.31. The number of quaternary nitrogens is 1. The van der Waals surface area contributed by atoms with Gasteiger partial charge in [-0.05, 0) is 19.4 Å². The Labute approximate surface area is 157 Å². The first kappa shape index (κ1) is 20.6. The Hall–Kier alpha value is -2.68. The molecule has 9 heteroatoms. The first-order valence-electron chi connectivity index (χ1n) is 8.98. The van der Waals surface area contributed by atoms with Crippen LogP contribution in [-0.2, 0) is 14.3 Å². The van der Waals surface area contributed by atoms with E-state index >= 15 is 0 Å². The number of nitrogens with zero attached hydrogens (tertiary/aromatic N) is 1. The van der Waals surface area contributed by atoms with Gasteiger partial charge in [0.15, 0.2) is 12.3 Å². The topological polar surface area (TPSA) is 112 Å². The lowest BCUT2D eigenvalue weighted by atomic mass is 9.97. The number of nitro groups is 1. The van der Waals surface area contributed by atoms with Gasteiger partial charge in [0, 0.05) is 30.7 Å². The monoisotopic (exact) mass is 380 g/mol. The number of likely N-dealkylation sites (tertiary alicyclic amines) is 1. The zero-order chi connectivity index (χ0) is 20.0. The number of hydrogen-bond acceptors (Lipinski definition) is 6. The van der Waals surface area contributed by atoms with E-state index in [9.17, 15) is 19.7 Å². The quantitative estimate of drug-likeness (QED) is 0.409. The van der Waals surface area contributed by atoms with Gasteiger partial charge >= 0.3 is 11.7 Å². The zero-order valence-electron chi connectivity index (χ0n) is 15.9. The van der Waals surface area contributed by atoms with E-state index < -0.39 is 4.92 Å². The van der Waals surface area contributed by atoms with Gasteiger partial charge in [0.1, 0.15) is 0 Å². The fourth-order valence-electron chi connectivity index (χ4n) is 3.23. The number of benzene rings is 1. The first-order chi connectivity index (χ1) is 12.8. The molecular weight excluding hydrogens is 354 g/mol. The summed E-state index contributed by atoms with van der Waals surface area (Å²) in [7, 11) is 1.35. The molecule has 0 saturated carbocycles. The van der Waals surface area contributed by atoms with E-state index in [1.807, 2.05) is 0 Å². The van der Waals surface area contributed by atoms with E-state index in [0.717, 1.165) is 18.0 Å². The standard InChI is InChI=1S/C18H25N3O6/c1-4-27-18(23)13-5-7-20(8-6-13)11-17(22)19-14-10-16(26-3)15(21(24)25)9-12(14)2/h9-10,13H,4-8,11H2,1-3H3,(H,19,22)/p+1. The second-order valence-corrected chi connectivity index (χ2v) is 6.60. The molecular formula is C18H26N3O6+. The maximum atomic E-state index is 12.4. The fraction of sp³-hybridized carbons (Fsp3) is 0.556. The van der Waals surface area contributed by atoms with Crippen LogP contribution in [0.1, 0.15) is 25.3 Å². The van der Waals surface area contributed by atoms with Gasteiger partial charge in [-0.25, -0.2) is 0 Å². The maximum absolute atomic E-state index is 12.4. The summed E-state index contributed by atoms with van der Waals surface area (Å²) in [6.45, 7) is 5.58. The zero-order valence-corrected chi connectivity index (χ0v) is 15.9. The molecule has 27 heavy (non-hydrogen) atoms. The van der Waals surface area contributed by atoms with E-state index in [1.165, 1.54) is 19.2 Å². The summed E-state index contributed by atoms with van der Waals surface area (Å²) in [5, 5.41) is 13.8. The third kappa shape index (κ3) is 5.40. The molecule has 0 spiro atoms. The van der Waals surface area contributed by atoms with Crippen LogP contribution >= 0.6 is 0 Å². The molecule has 0 radical (unpaired) electrons. The lowest BCUT2D eigenvalue weighted by Crippen LogP contribution is -3.14. The van der Waals surface area contributed by atoms with Crippen molar-refractivity contribution in [2.45, 2.75) is 26.7 Å². The molecule has 1 aliphatic rings. The summed E-state index contributed by atoms with van der Waals surface area (Å²) in [6.07, 6.45) is 1.40. The number of ether oxygens (including phenoxy) is 2. The number of nitro benzene ring substituents is 1. The van der Waals surface area contributed by atoms with E-state index in [1.54, 1.807) is 13.8 Å². The van der Waals surface area contributed by atoms with Gasteiger partial charge in [-0.1, -0.05) is 0 Å². The number of anilines is 1. The normalized spacial score (nSPS) is 19.2. The molecule has 0 atom stereocenters. The predicted molar refractivity (Wildman–Crippen MR) is 97.9 cm³/mol. The van der Waals surface area contributed by atoms with Crippen LogP contribution in [0.15, 0.2) is 12.1 Å². The summed E-state index contributed by atoms with van der Waals surface area (Å²) in [4.78, 5) is 35.8. The first-order valence-corrected chi connectivity index (χ1v) is 8.98. The maximum Gasteiger partial charge on any atom is 0.311 e. The molecule has 0 unspecified atom stereocenters. The highest BCUT2D eigenvalue weighted by atomic mass is 16.6. The Morgan fingerprint density at radius 2 is 2.00 bits per heavy atom. The van der Waals surface area contributed by atoms with Gasteiger partial charge < -0.3 is 19.7 Å². The van der Waals surface area contributed by atoms with Crippen molar-refractivity contribution < 1.29 is 28.9 Å². The van der Waals surface area contributed by atoms with Crippen LogP contribution in [0, 0.1) is 23.0 Å². The third-order valence-electron chi connectivity index (χ3n) is 4.72. The van der Waals surface area contributed by atoms with E-state index in [0.29, 0.717) is 30.7 Å². The lowest BCUT2D eigenvalue weighted by molar-refractivity contribution is -0.897. The summed E-state index contributed by atoms with van der Waals surface area (Å²) in [6, 6.07) is 2.85. The number of carbonyl (C=O) groups is 2. The number of aryl methyl sites for hydroxylation is 1. The number of hydrogen-bond donors (Lipinski definition) is 2. The number of methoxy groups -OCH3 is 1. The van der Waals surface area contributed by atoms with Gasteiger partial charge in [-0.2, -0.15) is 0 Å². The van der Waals surface area contributed by atoms with Gasteiger partial charge in [0.25, 0.3) is 5.91 Å². The van der Waals surface area contributed by atoms with Gasteiger partial charge in [-0.3, -0.25) is 19.7 Å². The molecule has 2 N–H and O–H groups in total. The van der Waals surface area contributed by atoms with Crippen LogP contribution in [-0.4, -0.2) is 50.2 Å². The molecule has 1 aromatic rings. The highest BCUT2D eigenvalue weighted by Gasteiger charge is 2.29. The number of nitrogens with one attached hydrogen (secondary N) is 2. The van der Waals surface area contributed by atoms with Crippen molar-refractivity contribution in [2.75, 3.05) is 38.7 Å². The van der Waals surface area contributed by atoms with Gasteiger partial charge in [0.2, 0.25) is 0 Å². The SMILES string of the molecule is CCOC(=O)C1CC[NH+](CC(=O)Nc2cc(OC)c([N+](=O)[O-])cc2C)CC1. The number of esters is 1. The van der Waals surface area contributed by atoms with Crippen molar-refractivity contribution in [1.82, 2.24) is 0 Å². The van der Waals surface area contributed by atoms with Crippen LogP contribution < -0.4 is 15.0 Å². The molecule has 1 aromatic carbocycles. The summed E-state index contributed by atoms with van der Waals surface area (Å²) in [5.41, 5.74) is 0.940. The highest BCUT2D eigenvalue weighted by molar-refractivity contribution is 5.92. The fourth-order valence-corrected chi connectivity index (χ4v) is 3.23. The number of amides is 1.